The lowest BCUT2D eigenvalue weighted by molar-refractivity contribution is 0.230. The first kappa shape index (κ1) is 12.2. The van der Waals surface area contributed by atoms with E-state index in [-0.39, 0.29) is 11.5 Å². The van der Waals surface area contributed by atoms with Gasteiger partial charge in [-0.25, -0.2) is 0 Å². The Bertz CT molecular complexity index is 376. The Labute approximate surface area is 102 Å². The number of hydrogen-bond donors (Lipinski definition) is 3. The molecular formula is C13H20N2O2. The van der Waals surface area contributed by atoms with Gasteiger partial charge in [-0.05, 0) is 23.6 Å². The summed E-state index contributed by atoms with van der Waals surface area (Å²) < 4.78 is 0. The predicted molar refractivity (Wildman–Crippen MR) is 67.5 cm³/mol. The summed E-state index contributed by atoms with van der Waals surface area (Å²) in [5.74, 6) is 0.275. The molecule has 1 atom stereocenters. The number of piperazine rings is 1. The van der Waals surface area contributed by atoms with E-state index in [0.29, 0.717) is 5.92 Å². The largest absolute Gasteiger partial charge is 0.504 e. The first-order chi connectivity index (χ1) is 8.16. The maximum absolute atomic E-state index is 9.48. The fourth-order valence-corrected chi connectivity index (χ4v) is 2.23. The van der Waals surface area contributed by atoms with Crippen molar-refractivity contribution < 1.29 is 10.2 Å². The average molecular weight is 236 g/mol. The van der Waals surface area contributed by atoms with Crippen molar-refractivity contribution in [2.75, 3.05) is 32.7 Å². The number of nitrogens with zero attached hydrogens (tertiary/aromatic N) is 1. The predicted octanol–water partition coefficient (Wildman–Crippen LogP) is 1.11. The molecule has 1 heterocycles. The van der Waals surface area contributed by atoms with E-state index in [0.717, 1.165) is 38.3 Å². The minimum atomic E-state index is -0.0527. The molecule has 0 bridgehead atoms. The van der Waals surface area contributed by atoms with Gasteiger partial charge >= 0.3 is 0 Å². The summed E-state index contributed by atoms with van der Waals surface area (Å²) >= 11 is 0. The van der Waals surface area contributed by atoms with E-state index in [4.69, 9.17) is 0 Å². The lowest BCUT2D eigenvalue weighted by Gasteiger charge is -2.29. The molecule has 1 aliphatic heterocycles. The zero-order valence-electron chi connectivity index (χ0n) is 10.2. The van der Waals surface area contributed by atoms with Crippen molar-refractivity contribution in [3.63, 3.8) is 0 Å². The number of benzene rings is 1. The summed E-state index contributed by atoms with van der Waals surface area (Å²) in [6, 6.07) is 5.09. The van der Waals surface area contributed by atoms with Crippen molar-refractivity contribution >= 4 is 0 Å². The minimum absolute atomic E-state index is 0.0327. The van der Waals surface area contributed by atoms with Gasteiger partial charge in [-0.3, -0.25) is 0 Å². The lowest BCUT2D eigenvalue weighted by Crippen LogP contribution is -2.44. The molecule has 0 amide bonds. The second-order valence-electron chi connectivity index (χ2n) is 4.70. The summed E-state index contributed by atoms with van der Waals surface area (Å²) in [6.45, 7) is 7.39. The third-order valence-electron chi connectivity index (χ3n) is 3.31. The van der Waals surface area contributed by atoms with Gasteiger partial charge < -0.3 is 20.4 Å². The van der Waals surface area contributed by atoms with Crippen LogP contribution in [0.3, 0.4) is 0 Å². The molecule has 1 unspecified atom stereocenters. The van der Waals surface area contributed by atoms with E-state index in [1.807, 2.05) is 6.07 Å². The molecule has 1 aromatic rings. The topological polar surface area (TPSA) is 55.7 Å². The molecule has 0 spiro atoms. The molecule has 4 nitrogen and oxygen atoms in total. The molecule has 1 aromatic carbocycles. The van der Waals surface area contributed by atoms with Crippen LogP contribution in [-0.2, 0) is 0 Å². The molecule has 17 heavy (non-hydrogen) atoms. The molecule has 0 aromatic heterocycles. The van der Waals surface area contributed by atoms with Crippen molar-refractivity contribution in [1.82, 2.24) is 10.2 Å². The van der Waals surface area contributed by atoms with Crippen LogP contribution in [0, 0.1) is 0 Å². The zero-order chi connectivity index (χ0) is 12.3. The lowest BCUT2D eigenvalue weighted by atomic mass is 10.00. The molecule has 0 aliphatic carbocycles. The van der Waals surface area contributed by atoms with Gasteiger partial charge in [-0.15, -0.1) is 0 Å². The highest BCUT2D eigenvalue weighted by Crippen LogP contribution is 2.28. The molecule has 0 saturated carbocycles. The van der Waals surface area contributed by atoms with E-state index in [1.54, 1.807) is 12.1 Å². The van der Waals surface area contributed by atoms with Crippen molar-refractivity contribution in [1.29, 1.82) is 0 Å². The van der Waals surface area contributed by atoms with Gasteiger partial charge in [0, 0.05) is 32.7 Å². The van der Waals surface area contributed by atoms with Crippen LogP contribution in [-0.4, -0.2) is 47.8 Å². The van der Waals surface area contributed by atoms with Gasteiger partial charge in [0.25, 0.3) is 0 Å². The highest BCUT2D eigenvalue weighted by atomic mass is 16.3. The number of phenolic OH excluding ortho intramolecular Hbond substituents is 2. The van der Waals surface area contributed by atoms with E-state index in [2.05, 4.69) is 17.1 Å². The summed E-state index contributed by atoms with van der Waals surface area (Å²) in [5, 5.41) is 22.1. The number of aromatic hydroxyl groups is 2. The second-order valence-corrected chi connectivity index (χ2v) is 4.70. The van der Waals surface area contributed by atoms with Crippen LogP contribution in [0.2, 0.25) is 0 Å². The normalized spacial score (nSPS) is 19.1. The Balaban J connectivity index is 1.98. The van der Waals surface area contributed by atoms with E-state index >= 15 is 0 Å². The molecule has 94 valence electrons. The van der Waals surface area contributed by atoms with Gasteiger partial charge in [0.2, 0.25) is 0 Å². The molecule has 1 saturated heterocycles. The minimum Gasteiger partial charge on any atom is -0.504 e. The summed E-state index contributed by atoms with van der Waals surface area (Å²) in [7, 11) is 0. The Morgan fingerprint density at radius 3 is 2.59 bits per heavy atom. The maximum atomic E-state index is 9.48. The van der Waals surface area contributed by atoms with Crippen molar-refractivity contribution in [3.05, 3.63) is 23.8 Å². The van der Waals surface area contributed by atoms with Gasteiger partial charge in [0.15, 0.2) is 11.5 Å². The van der Waals surface area contributed by atoms with Gasteiger partial charge in [-0.2, -0.15) is 0 Å². The van der Waals surface area contributed by atoms with Crippen LogP contribution in [0.5, 0.6) is 11.5 Å². The summed E-state index contributed by atoms with van der Waals surface area (Å²) in [4.78, 5) is 2.42. The molecule has 2 rings (SSSR count). The smallest absolute Gasteiger partial charge is 0.157 e. The van der Waals surface area contributed by atoms with Crippen molar-refractivity contribution in [2.24, 2.45) is 0 Å². The first-order valence-corrected chi connectivity index (χ1v) is 6.12. The second kappa shape index (κ2) is 5.38. The standard InChI is InChI=1S/C13H20N2O2/c1-10(9-15-6-4-14-5-7-15)11-2-3-12(16)13(17)8-11/h2-3,8,10,14,16-17H,4-7,9H2,1H3. The number of phenols is 2. The van der Waals surface area contributed by atoms with E-state index in [9.17, 15) is 10.2 Å². The summed E-state index contributed by atoms with van der Waals surface area (Å²) in [5.41, 5.74) is 1.07. The number of rotatable bonds is 3. The molecule has 4 heteroatoms. The monoisotopic (exact) mass is 236 g/mol. The zero-order valence-corrected chi connectivity index (χ0v) is 10.2. The van der Waals surface area contributed by atoms with Crippen LogP contribution in [0.15, 0.2) is 18.2 Å². The SMILES string of the molecule is CC(CN1CCNCC1)c1ccc(O)c(O)c1. The fourth-order valence-electron chi connectivity index (χ4n) is 2.23. The van der Waals surface area contributed by atoms with Gasteiger partial charge in [-0.1, -0.05) is 13.0 Å². The number of hydrogen-bond acceptors (Lipinski definition) is 4. The summed E-state index contributed by atoms with van der Waals surface area (Å²) in [6.07, 6.45) is 0. The van der Waals surface area contributed by atoms with Crippen molar-refractivity contribution in [2.45, 2.75) is 12.8 Å². The quantitative estimate of drug-likeness (QED) is 0.688. The highest BCUT2D eigenvalue weighted by Gasteiger charge is 2.15. The average Bonchev–Trinajstić information content (AvgIpc) is 2.34. The molecule has 1 fully saturated rings. The van der Waals surface area contributed by atoms with Crippen LogP contribution in [0.1, 0.15) is 18.4 Å². The van der Waals surface area contributed by atoms with Crippen LogP contribution in [0.25, 0.3) is 0 Å². The third kappa shape index (κ3) is 3.11. The highest BCUT2D eigenvalue weighted by molar-refractivity contribution is 5.41. The fraction of sp³-hybridized carbons (Fsp3) is 0.538. The molecular weight excluding hydrogens is 216 g/mol. The van der Waals surface area contributed by atoms with Gasteiger partial charge in [0.1, 0.15) is 0 Å². The van der Waals surface area contributed by atoms with E-state index in [1.165, 1.54) is 0 Å². The van der Waals surface area contributed by atoms with Crippen LogP contribution < -0.4 is 5.32 Å². The van der Waals surface area contributed by atoms with Crippen molar-refractivity contribution in [3.8, 4) is 11.5 Å². The van der Waals surface area contributed by atoms with E-state index < -0.39 is 0 Å². The van der Waals surface area contributed by atoms with Crippen LogP contribution in [0.4, 0.5) is 0 Å². The molecule has 0 radical (unpaired) electrons. The third-order valence-corrected chi connectivity index (χ3v) is 3.31. The Morgan fingerprint density at radius 1 is 1.24 bits per heavy atom. The molecule has 3 N–H and O–H groups in total. The Morgan fingerprint density at radius 2 is 1.94 bits per heavy atom. The van der Waals surface area contributed by atoms with Gasteiger partial charge in [0.05, 0.1) is 0 Å². The van der Waals surface area contributed by atoms with Crippen LogP contribution >= 0.6 is 0 Å². The Kier molecular flexibility index (Phi) is 3.86. The Hall–Kier alpha value is -1.26. The maximum Gasteiger partial charge on any atom is 0.157 e. The number of nitrogens with one attached hydrogen (secondary N) is 1. The first-order valence-electron chi connectivity index (χ1n) is 6.12. The molecule has 1 aliphatic rings.